The lowest BCUT2D eigenvalue weighted by Gasteiger charge is -1.95. The fourth-order valence-electron chi connectivity index (χ4n) is 1.15. The minimum absolute atomic E-state index is 0. The summed E-state index contributed by atoms with van der Waals surface area (Å²) in [6, 6.07) is 0. The summed E-state index contributed by atoms with van der Waals surface area (Å²) in [5, 5.41) is 0. The van der Waals surface area contributed by atoms with Crippen LogP contribution in [0.1, 0.15) is 12.8 Å². The quantitative estimate of drug-likeness (QED) is 0.645. The maximum absolute atomic E-state index is 10.7. The number of rotatable bonds is 3. The summed E-state index contributed by atoms with van der Waals surface area (Å²) in [7, 11) is 1.42. The number of nitrogens with two attached hydrogens (primary N) is 1. The van der Waals surface area contributed by atoms with E-state index in [1.54, 1.807) is 0 Å². The lowest BCUT2D eigenvalue weighted by Crippen LogP contribution is -2.06. The van der Waals surface area contributed by atoms with Crippen LogP contribution in [-0.4, -0.2) is 19.6 Å². The molecule has 0 radical (unpaired) electrons. The highest BCUT2D eigenvalue weighted by molar-refractivity contribution is 5.85. The molecule has 1 aliphatic carbocycles. The summed E-state index contributed by atoms with van der Waals surface area (Å²) >= 11 is 0. The van der Waals surface area contributed by atoms with Crippen molar-refractivity contribution < 1.29 is 9.53 Å². The highest BCUT2D eigenvalue weighted by atomic mass is 35.5. The number of carbonyl (C=O) groups excluding carboxylic acids is 1. The lowest BCUT2D eigenvalue weighted by molar-refractivity contribution is -0.141. The fourth-order valence-corrected chi connectivity index (χ4v) is 1.15. The van der Waals surface area contributed by atoms with Crippen molar-refractivity contribution in [3.8, 4) is 0 Å². The maximum atomic E-state index is 10.7. The Bertz CT molecular complexity index is 140. The van der Waals surface area contributed by atoms with Crippen molar-refractivity contribution in [2.24, 2.45) is 17.6 Å². The predicted octanol–water partition coefficient (Wildman–Crippen LogP) is 0.566. The van der Waals surface area contributed by atoms with E-state index in [1.165, 1.54) is 7.11 Å². The standard InChI is InChI=1S/C7H13NO2.ClH/c1-10-7(9)3-5-2-6(5)4-8;/h5-6H,2-4,8H2,1H3;1H. The van der Waals surface area contributed by atoms with Gasteiger partial charge in [0.1, 0.15) is 0 Å². The molecule has 0 heterocycles. The minimum Gasteiger partial charge on any atom is -0.469 e. The van der Waals surface area contributed by atoms with E-state index in [9.17, 15) is 4.79 Å². The third-order valence-corrected chi connectivity index (χ3v) is 2.03. The summed E-state index contributed by atoms with van der Waals surface area (Å²) in [6.07, 6.45) is 1.66. The zero-order valence-electron chi connectivity index (χ0n) is 6.58. The van der Waals surface area contributed by atoms with Crippen molar-refractivity contribution in [3.05, 3.63) is 0 Å². The van der Waals surface area contributed by atoms with Crippen molar-refractivity contribution >= 4 is 18.4 Å². The molecule has 1 saturated carbocycles. The monoisotopic (exact) mass is 179 g/mol. The molecule has 0 saturated heterocycles. The molecule has 1 rings (SSSR count). The summed E-state index contributed by atoms with van der Waals surface area (Å²) < 4.78 is 4.51. The van der Waals surface area contributed by atoms with Gasteiger partial charge in [-0.1, -0.05) is 0 Å². The van der Waals surface area contributed by atoms with Crippen LogP contribution in [0.25, 0.3) is 0 Å². The average molecular weight is 180 g/mol. The van der Waals surface area contributed by atoms with Gasteiger partial charge in [0.05, 0.1) is 7.11 Å². The molecule has 4 heteroatoms. The average Bonchev–Trinajstić information content (AvgIpc) is 2.67. The SMILES string of the molecule is COC(=O)CC1CC1CN.Cl. The van der Waals surface area contributed by atoms with E-state index in [-0.39, 0.29) is 18.4 Å². The Kier molecular flexibility index (Phi) is 4.45. The molecule has 11 heavy (non-hydrogen) atoms. The number of halogens is 1. The van der Waals surface area contributed by atoms with Crippen LogP contribution >= 0.6 is 12.4 Å². The number of hydrogen-bond acceptors (Lipinski definition) is 3. The first-order valence-electron chi connectivity index (χ1n) is 3.54. The van der Waals surface area contributed by atoms with Crippen LogP contribution in [0.15, 0.2) is 0 Å². The molecule has 0 amide bonds. The zero-order valence-corrected chi connectivity index (χ0v) is 7.39. The first-order chi connectivity index (χ1) is 4.77. The maximum Gasteiger partial charge on any atom is 0.305 e. The van der Waals surface area contributed by atoms with Crippen molar-refractivity contribution in [1.29, 1.82) is 0 Å². The molecular weight excluding hydrogens is 166 g/mol. The van der Waals surface area contributed by atoms with Gasteiger partial charge in [-0.15, -0.1) is 12.4 Å². The molecule has 0 aliphatic heterocycles. The molecule has 1 aliphatic rings. The first kappa shape index (κ1) is 10.7. The highest BCUT2D eigenvalue weighted by Crippen LogP contribution is 2.40. The number of esters is 1. The Morgan fingerprint density at radius 1 is 1.64 bits per heavy atom. The molecule has 2 atom stereocenters. The summed E-state index contributed by atoms with van der Waals surface area (Å²) in [5.74, 6) is 0.984. The van der Waals surface area contributed by atoms with Gasteiger partial charge in [-0.3, -0.25) is 4.79 Å². The number of ether oxygens (including phenoxy) is 1. The fraction of sp³-hybridized carbons (Fsp3) is 0.857. The van der Waals surface area contributed by atoms with Gasteiger partial charge < -0.3 is 10.5 Å². The molecular formula is C7H14ClNO2. The number of carbonyl (C=O) groups is 1. The van der Waals surface area contributed by atoms with E-state index < -0.39 is 0 Å². The highest BCUT2D eigenvalue weighted by Gasteiger charge is 2.37. The van der Waals surface area contributed by atoms with E-state index in [4.69, 9.17) is 5.73 Å². The van der Waals surface area contributed by atoms with E-state index >= 15 is 0 Å². The van der Waals surface area contributed by atoms with E-state index in [2.05, 4.69) is 4.74 Å². The normalized spacial score (nSPS) is 27.1. The Morgan fingerprint density at radius 3 is 2.64 bits per heavy atom. The first-order valence-corrected chi connectivity index (χ1v) is 3.54. The molecule has 0 bridgehead atoms. The van der Waals surface area contributed by atoms with Gasteiger partial charge in [0.25, 0.3) is 0 Å². The van der Waals surface area contributed by atoms with Crippen LogP contribution in [0.5, 0.6) is 0 Å². The summed E-state index contributed by atoms with van der Waals surface area (Å²) in [5.41, 5.74) is 5.39. The largest absolute Gasteiger partial charge is 0.469 e. The Balaban J connectivity index is 0.000001000. The van der Waals surface area contributed by atoms with Gasteiger partial charge in [-0.2, -0.15) is 0 Å². The third kappa shape index (κ3) is 3.08. The topological polar surface area (TPSA) is 52.3 Å². The van der Waals surface area contributed by atoms with Crippen molar-refractivity contribution in [2.75, 3.05) is 13.7 Å². The van der Waals surface area contributed by atoms with Crippen LogP contribution < -0.4 is 5.73 Å². The molecule has 66 valence electrons. The van der Waals surface area contributed by atoms with Gasteiger partial charge in [0.15, 0.2) is 0 Å². The van der Waals surface area contributed by atoms with E-state index in [0.717, 1.165) is 6.42 Å². The molecule has 0 spiro atoms. The molecule has 2 N–H and O–H groups in total. The second kappa shape index (κ2) is 4.57. The minimum atomic E-state index is -0.110. The second-order valence-electron chi connectivity index (χ2n) is 2.77. The third-order valence-electron chi connectivity index (χ3n) is 2.03. The van der Waals surface area contributed by atoms with Crippen LogP contribution in [0.4, 0.5) is 0 Å². The van der Waals surface area contributed by atoms with Crippen LogP contribution in [0, 0.1) is 11.8 Å². The van der Waals surface area contributed by atoms with E-state index in [1.807, 2.05) is 0 Å². The summed E-state index contributed by atoms with van der Waals surface area (Å²) in [6.45, 7) is 0.710. The number of methoxy groups -OCH3 is 1. The Hall–Kier alpha value is -0.280. The molecule has 0 aromatic rings. The van der Waals surface area contributed by atoms with Gasteiger partial charge in [0, 0.05) is 6.42 Å². The van der Waals surface area contributed by atoms with Crippen LogP contribution in [-0.2, 0) is 9.53 Å². The smallest absolute Gasteiger partial charge is 0.305 e. The molecule has 0 aromatic heterocycles. The summed E-state index contributed by atoms with van der Waals surface area (Å²) in [4.78, 5) is 10.7. The molecule has 2 unspecified atom stereocenters. The molecule has 0 aromatic carbocycles. The van der Waals surface area contributed by atoms with Gasteiger partial charge >= 0.3 is 5.97 Å². The van der Waals surface area contributed by atoms with E-state index in [0.29, 0.717) is 24.8 Å². The van der Waals surface area contributed by atoms with Crippen molar-refractivity contribution in [2.45, 2.75) is 12.8 Å². The zero-order chi connectivity index (χ0) is 7.56. The van der Waals surface area contributed by atoms with Gasteiger partial charge in [-0.05, 0) is 24.8 Å². The van der Waals surface area contributed by atoms with Crippen LogP contribution in [0.3, 0.4) is 0 Å². The van der Waals surface area contributed by atoms with Crippen molar-refractivity contribution in [1.82, 2.24) is 0 Å². The predicted molar refractivity (Wildman–Crippen MR) is 44.5 cm³/mol. The second-order valence-corrected chi connectivity index (χ2v) is 2.77. The van der Waals surface area contributed by atoms with Crippen molar-refractivity contribution in [3.63, 3.8) is 0 Å². The van der Waals surface area contributed by atoms with Crippen LogP contribution in [0.2, 0.25) is 0 Å². The Morgan fingerprint density at radius 2 is 2.27 bits per heavy atom. The Labute approximate surface area is 72.7 Å². The number of hydrogen-bond donors (Lipinski definition) is 1. The lowest BCUT2D eigenvalue weighted by atomic mass is 10.2. The molecule has 1 fully saturated rings. The van der Waals surface area contributed by atoms with Gasteiger partial charge in [0.2, 0.25) is 0 Å². The van der Waals surface area contributed by atoms with Gasteiger partial charge in [-0.25, -0.2) is 0 Å². The molecule has 3 nitrogen and oxygen atoms in total.